The highest BCUT2D eigenvalue weighted by atomic mass is 35.5. The first kappa shape index (κ1) is 20.9. The van der Waals surface area contributed by atoms with Crippen LogP contribution in [-0.4, -0.2) is 30.3 Å². The number of halogens is 2. The van der Waals surface area contributed by atoms with Gasteiger partial charge in [0.2, 0.25) is 0 Å². The van der Waals surface area contributed by atoms with Crippen molar-refractivity contribution in [3.8, 4) is 5.75 Å². The van der Waals surface area contributed by atoms with Gasteiger partial charge < -0.3 is 14.0 Å². The lowest BCUT2D eigenvalue weighted by Crippen LogP contribution is -2.19. The molecule has 0 atom stereocenters. The van der Waals surface area contributed by atoms with Crippen LogP contribution in [0, 0.1) is 0 Å². The zero-order valence-electron chi connectivity index (χ0n) is 15.6. The number of ether oxygens (including phenoxy) is 2. The van der Waals surface area contributed by atoms with Crippen LogP contribution >= 0.6 is 34.5 Å². The quantitative estimate of drug-likeness (QED) is 0.477. The highest BCUT2D eigenvalue weighted by Crippen LogP contribution is 2.24. The molecule has 8 heteroatoms. The van der Waals surface area contributed by atoms with Crippen LogP contribution in [0.25, 0.3) is 10.2 Å². The van der Waals surface area contributed by atoms with E-state index in [4.69, 9.17) is 32.7 Å². The number of amides is 1. The molecule has 28 heavy (non-hydrogen) atoms. The van der Waals surface area contributed by atoms with E-state index in [1.54, 1.807) is 12.1 Å². The van der Waals surface area contributed by atoms with Crippen molar-refractivity contribution in [3.05, 3.63) is 56.8 Å². The van der Waals surface area contributed by atoms with E-state index in [9.17, 15) is 4.79 Å². The second-order valence-corrected chi connectivity index (χ2v) is 7.69. The van der Waals surface area contributed by atoms with Gasteiger partial charge in [-0.25, -0.2) is 0 Å². The number of aromatic nitrogens is 1. The van der Waals surface area contributed by atoms with Crippen molar-refractivity contribution in [1.82, 2.24) is 4.57 Å². The molecule has 0 aliphatic carbocycles. The van der Waals surface area contributed by atoms with Crippen molar-refractivity contribution >= 4 is 50.7 Å². The van der Waals surface area contributed by atoms with Crippen LogP contribution in [0.2, 0.25) is 10.0 Å². The van der Waals surface area contributed by atoms with Crippen molar-refractivity contribution in [3.63, 3.8) is 0 Å². The largest absolute Gasteiger partial charge is 0.494 e. The van der Waals surface area contributed by atoms with Crippen LogP contribution in [0.3, 0.4) is 0 Å². The minimum absolute atomic E-state index is 0.279. The molecule has 0 spiro atoms. The molecule has 0 saturated carbocycles. The van der Waals surface area contributed by atoms with E-state index < -0.39 is 5.91 Å². The lowest BCUT2D eigenvalue weighted by atomic mass is 10.2. The van der Waals surface area contributed by atoms with E-state index in [0.29, 0.717) is 41.8 Å². The molecular formula is C20H20Cl2N2O3S. The molecule has 0 aliphatic rings. The summed E-state index contributed by atoms with van der Waals surface area (Å²) in [4.78, 5) is 17.6. The van der Waals surface area contributed by atoms with Crippen molar-refractivity contribution in [2.75, 3.05) is 19.8 Å². The van der Waals surface area contributed by atoms with Crippen molar-refractivity contribution in [2.45, 2.75) is 20.4 Å². The standard InChI is InChI=1S/C20H20Cl2N2O3S/c1-3-26-10-9-24-17-8-6-14(27-4-2)12-18(17)28-20(24)23-19(25)15-7-5-13(21)11-16(15)22/h5-8,11-12H,3-4,9-10H2,1-2H3. The Morgan fingerprint density at radius 1 is 1.14 bits per heavy atom. The molecule has 5 nitrogen and oxygen atoms in total. The van der Waals surface area contributed by atoms with Crippen LogP contribution in [0.15, 0.2) is 41.4 Å². The van der Waals surface area contributed by atoms with Gasteiger partial charge in [-0.15, -0.1) is 0 Å². The van der Waals surface area contributed by atoms with Crippen LogP contribution in [0.4, 0.5) is 0 Å². The van der Waals surface area contributed by atoms with E-state index in [2.05, 4.69) is 4.99 Å². The van der Waals surface area contributed by atoms with Gasteiger partial charge in [0, 0.05) is 18.2 Å². The number of nitrogens with zero attached hydrogens (tertiary/aromatic N) is 2. The summed E-state index contributed by atoms with van der Waals surface area (Å²) < 4.78 is 14.0. The van der Waals surface area contributed by atoms with Gasteiger partial charge in [0.25, 0.3) is 5.91 Å². The summed E-state index contributed by atoms with van der Waals surface area (Å²) in [5.74, 6) is 0.371. The molecule has 3 aromatic rings. The number of rotatable bonds is 7. The Morgan fingerprint density at radius 3 is 2.68 bits per heavy atom. The normalized spacial score (nSPS) is 11.9. The molecule has 0 fully saturated rings. The fourth-order valence-corrected chi connectivity index (χ4v) is 4.29. The Kier molecular flexibility index (Phi) is 7.13. The summed E-state index contributed by atoms with van der Waals surface area (Å²) in [6.07, 6.45) is 0. The number of benzene rings is 2. The average Bonchev–Trinajstić information content (AvgIpc) is 2.98. The Balaban J connectivity index is 2.07. The highest BCUT2D eigenvalue weighted by molar-refractivity contribution is 7.16. The maximum atomic E-state index is 12.7. The molecule has 1 heterocycles. The van der Waals surface area contributed by atoms with Crippen LogP contribution in [-0.2, 0) is 11.3 Å². The minimum atomic E-state index is -0.414. The molecule has 1 aromatic heterocycles. The van der Waals surface area contributed by atoms with Gasteiger partial charge in [0.15, 0.2) is 4.80 Å². The highest BCUT2D eigenvalue weighted by Gasteiger charge is 2.13. The summed E-state index contributed by atoms with van der Waals surface area (Å²) in [7, 11) is 0. The molecule has 148 valence electrons. The monoisotopic (exact) mass is 438 g/mol. The summed E-state index contributed by atoms with van der Waals surface area (Å²) >= 11 is 13.5. The van der Waals surface area contributed by atoms with E-state index >= 15 is 0 Å². The van der Waals surface area contributed by atoms with Gasteiger partial charge in [-0.2, -0.15) is 4.99 Å². The zero-order chi connectivity index (χ0) is 20.1. The third-order valence-corrected chi connectivity index (χ3v) is 5.58. The zero-order valence-corrected chi connectivity index (χ0v) is 17.9. The third-order valence-electron chi connectivity index (χ3n) is 3.99. The van der Waals surface area contributed by atoms with Gasteiger partial charge >= 0.3 is 0 Å². The van der Waals surface area contributed by atoms with Gasteiger partial charge in [-0.1, -0.05) is 34.5 Å². The first-order valence-electron chi connectivity index (χ1n) is 8.91. The second-order valence-electron chi connectivity index (χ2n) is 5.84. The number of hydrogen-bond acceptors (Lipinski definition) is 4. The SMILES string of the molecule is CCOCCn1c(=NC(=O)c2ccc(Cl)cc2Cl)sc2cc(OCC)ccc21. The van der Waals surface area contributed by atoms with Crippen LogP contribution in [0.5, 0.6) is 5.75 Å². The molecule has 0 radical (unpaired) electrons. The summed E-state index contributed by atoms with van der Waals surface area (Å²) in [6, 6.07) is 10.6. The summed E-state index contributed by atoms with van der Waals surface area (Å²) in [5.41, 5.74) is 1.29. The fraction of sp³-hybridized carbons (Fsp3) is 0.300. The number of fused-ring (bicyclic) bond motifs is 1. The number of hydrogen-bond donors (Lipinski definition) is 0. The Bertz CT molecular complexity index is 1060. The van der Waals surface area contributed by atoms with Crippen molar-refractivity contribution in [1.29, 1.82) is 0 Å². The van der Waals surface area contributed by atoms with E-state index in [0.717, 1.165) is 16.0 Å². The lowest BCUT2D eigenvalue weighted by Gasteiger charge is -2.07. The number of carbonyl (C=O) groups excluding carboxylic acids is 1. The minimum Gasteiger partial charge on any atom is -0.494 e. The molecule has 0 saturated heterocycles. The van der Waals surface area contributed by atoms with Gasteiger partial charge in [0.05, 0.1) is 34.0 Å². The first-order chi connectivity index (χ1) is 13.5. The fourth-order valence-electron chi connectivity index (χ4n) is 2.72. The molecule has 1 amide bonds. The molecule has 0 unspecified atom stereocenters. The number of thiazole rings is 1. The smallest absolute Gasteiger partial charge is 0.281 e. The molecule has 2 aromatic carbocycles. The molecule has 0 N–H and O–H groups in total. The molecule has 0 aliphatic heterocycles. The summed E-state index contributed by atoms with van der Waals surface area (Å²) in [6.45, 7) is 6.22. The lowest BCUT2D eigenvalue weighted by molar-refractivity contribution is 0.0997. The van der Waals surface area contributed by atoms with Crippen LogP contribution < -0.4 is 9.54 Å². The summed E-state index contributed by atoms with van der Waals surface area (Å²) in [5, 5.41) is 0.750. The van der Waals surface area contributed by atoms with Crippen molar-refractivity contribution < 1.29 is 14.3 Å². The van der Waals surface area contributed by atoms with Crippen LogP contribution in [0.1, 0.15) is 24.2 Å². The average molecular weight is 439 g/mol. The third kappa shape index (κ3) is 4.75. The van der Waals surface area contributed by atoms with Gasteiger partial charge in [0.1, 0.15) is 5.75 Å². The molecule has 3 rings (SSSR count). The second kappa shape index (κ2) is 9.56. The predicted molar refractivity (Wildman–Crippen MR) is 114 cm³/mol. The predicted octanol–water partition coefficient (Wildman–Crippen LogP) is 5.19. The topological polar surface area (TPSA) is 52.8 Å². The van der Waals surface area contributed by atoms with E-state index in [-0.39, 0.29) is 5.02 Å². The molecular weight excluding hydrogens is 419 g/mol. The van der Waals surface area contributed by atoms with E-state index in [1.807, 2.05) is 36.6 Å². The Morgan fingerprint density at radius 2 is 1.96 bits per heavy atom. The maximum absolute atomic E-state index is 12.7. The van der Waals surface area contributed by atoms with Gasteiger partial charge in [-0.3, -0.25) is 4.79 Å². The maximum Gasteiger partial charge on any atom is 0.281 e. The molecule has 0 bridgehead atoms. The van der Waals surface area contributed by atoms with E-state index in [1.165, 1.54) is 17.4 Å². The Labute approximate surface area is 177 Å². The number of carbonyl (C=O) groups is 1. The van der Waals surface area contributed by atoms with Crippen molar-refractivity contribution in [2.24, 2.45) is 4.99 Å². The van der Waals surface area contributed by atoms with Gasteiger partial charge in [-0.05, 0) is 50.2 Å². The first-order valence-corrected chi connectivity index (χ1v) is 10.5. The Hall–Kier alpha value is -1.86.